The van der Waals surface area contributed by atoms with E-state index in [-0.39, 0.29) is 16.8 Å². The van der Waals surface area contributed by atoms with Crippen molar-refractivity contribution in [3.05, 3.63) is 79.0 Å². The summed E-state index contributed by atoms with van der Waals surface area (Å²) >= 11 is 3.32. The zero-order chi connectivity index (χ0) is 30.3. The van der Waals surface area contributed by atoms with Crippen molar-refractivity contribution in [3.8, 4) is 17.1 Å². The number of H-pyrrole nitrogens is 1. The summed E-state index contributed by atoms with van der Waals surface area (Å²) in [5, 5.41) is 15.3. The summed E-state index contributed by atoms with van der Waals surface area (Å²) in [6.07, 6.45) is -3.63. The number of hydrogen-bond acceptors (Lipinski definition) is 7. The number of aromatic amines is 1. The first kappa shape index (κ1) is 30.2. The molecule has 15 heteroatoms. The summed E-state index contributed by atoms with van der Waals surface area (Å²) in [6, 6.07) is 2.36. The highest BCUT2D eigenvalue weighted by molar-refractivity contribution is 9.10. The molecule has 0 saturated heterocycles. The third-order valence-electron chi connectivity index (χ3n) is 6.14. The number of benzene rings is 1. The Labute approximate surface area is 237 Å². The minimum Gasteiger partial charge on any atom is -0.488 e. The van der Waals surface area contributed by atoms with Crippen LogP contribution < -0.4 is 15.9 Å². The van der Waals surface area contributed by atoms with Crippen LogP contribution in [-0.2, 0) is 18.3 Å². The molecular weight excluding hydrogens is 621 g/mol. The van der Waals surface area contributed by atoms with Gasteiger partial charge in [-0.3, -0.25) is 9.59 Å². The van der Waals surface area contributed by atoms with Crippen LogP contribution in [0.3, 0.4) is 0 Å². The maximum absolute atomic E-state index is 15.1. The molecule has 0 aliphatic rings. The highest BCUT2D eigenvalue weighted by Gasteiger charge is 2.38. The van der Waals surface area contributed by atoms with E-state index in [0.717, 1.165) is 10.6 Å². The van der Waals surface area contributed by atoms with Gasteiger partial charge in [-0.05, 0) is 48.8 Å². The highest BCUT2D eigenvalue weighted by Crippen LogP contribution is 2.34. The number of nitrogens with one attached hydrogen (secondary N) is 1. The first-order valence-electron chi connectivity index (χ1n) is 12.1. The van der Waals surface area contributed by atoms with Gasteiger partial charge in [0.05, 0.1) is 35.4 Å². The molecule has 2 N–H and O–H groups in total. The minimum atomic E-state index is -5.02. The molecule has 2 atom stereocenters. The number of halogens is 6. The van der Waals surface area contributed by atoms with Crippen molar-refractivity contribution in [2.75, 3.05) is 0 Å². The maximum Gasteiger partial charge on any atom is 0.425 e. The van der Waals surface area contributed by atoms with E-state index in [1.165, 1.54) is 31.6 Å². The molecule has 0 saturated carbocycles. The molecule has 9 nitrogen and oxygen atoms in total. The fourth-order valence-corrected chi connectivity index (χ4v) is 4.69. The first-order valence-corrected chi connectivity index (χ1v) is 12.9. The van der Waals surface area contributed by atoms with Crippen LogP contribution in [0.4, 0.5) is 22.0 Å². The molecular formula is C26H23BrF5N5O4. The third kappa shape index (κ3) is 6.62. The summed E-state index contributed by atoms with van der Waals surface area (Å²) < 4.78 is 76.3. The topological polar surface area (TPSA) is 123 Å². The van der Waals surface area contributed by atoms with E-state index in [1.54, 1.807) is 18.9 Å². The number of alkyl halides is 4. The Balaban J connectivity index is 1.56. The van der Waals surface area contributed by atoms with Gasteiger partial charge in [-0.2, -0.15) is 18.3 Å². The van der Waals surface area contributed by atoms with Gasteiger partial charge in [-0.15, -0.1) is 0 Å². The van der Waals surface area contributed by atoms with E-state index < -0.39 is 65.3 Å². The van der Waals surface area contributed by atoms with E-state index >= 15 is 4.39 Å². The number of ether oxygens (including phenoxy) is 1. The second-order valence-electron chi connectivity index (χ2n) is 9.86. The molecule has 0 fully saturated rings. The van der Waals surface area contributed by atoms with Gasteiger partial charge in [0.2, 0.25) is 0 Å². The second kappa shape index (κ2) is 11.3. The normalized spacial score (nSPS) is 13.8. The highest BCUT2D eigenvalue weighted by atomic mass is 79.9. The van der Waals surface area contributed by atoms with Gasteiger partial charge in [0.25, 0.3) is 11.1 Å². The number of pyridine rings is 1. The van der Waals surface area contributed by atoms with Crippen LogP contribution in [-0.4, -0.2) is 42.1 Å². The zero-order valence-electron chi connectivity index (χ0n) is 21.8. The van der Waals surface area contributed by atoms with Crippen LogP contribution >= 0.6 is 15.9 Å². The van der Waals surface area contributed by atoms with Crippen molar-refractivity contribution < 1.29 is 31.8 Å². The lowest BCUT2D eigenvalue weighted by Crippen LogP contribution is -2.29. The first-order chi connectivity index (χ1) is 19.1. The third-order valence-corrected chi connectivity index (χ3v) is 6.77. The number of aromatic nitrogens is 5. The minimum absolute atomic E-state index is 0.000507. The summed E-state index contributed by atoms with van der Waals surface area (Å²) in [4.78, 5) is 32.9. The van der Waals surface area contributed by atoms with Crippen molar-refractivity contribution in [1.29, 1.82) is 0 Å². The Morgan fingerprint density at radius 2 is 1.78 bits per heavy atom. The molecule has 0 aliphatic heterocycles. The molecule has 0 bridgehead atoms. The lowest BCUT2D eigenvalue weighted by molar-refractivity contribution is -0.140. The molecule has 0 spiro atoms. The molecule has 4 aromatic rings. The standard InChI is InChI=1S/C26H23BrF5N5O4/c1-12(41-20-9-35-36-23(38)21(20)26(30,31)32)4-14(28)10-37-11-18(27)15-5-17(19(29)6-16(15)24(37)39)22-33-7-13(8-34-22)25(2,3)40/h5-9,11-12,14,40H,4,10H2,1-3H3,(H,36,38)/t12-,14-/m1/s1. The van der Waals surface area contributed by atoms with Crippen molar-refractivity contribution in [2.45, 2.75) is 57.8 Å². The number of rotatable bonds is 8. The van der Waals surface area contributed by atoms with Crippen LogP contribution in [0.2, 0.25) is 0 Å². The molecule has 0 radical (unpaired) electrons. The van der Waals surface area contributed by atoms with Gasteiger partial charge >= 0.3 is 6.18 Å². The molecule has 0 amide bonds. The molecule has 218 valence electrons. The summed E-state index contributed by atoms with van der Waals surface area (Å²) in [5.74, 6) is -1.63. The van der Waals surface area contributed by atoms with Crippen LogP contribution in [0.1, 0.15) is 38.3 Å². The number of hydrogen-bond donors (Lipinski definition) is 2. The molecule has 3 heterocycles. The van der Waals surface area contributed by atoms with Crippen LogP contribution in [0.25, 0.3) is 22.2 Å². The van der Waals surface area contributed by atoms with E-state index in [9.17, 15) is 32.3 Å². The molecule has 4 rings (SSSR count). The van der Waals surface area contributed by atoms with Crippen molar-refractivity contribution >= 4 is 26.7 Å². The van der Waals surface area contributed by atoms with Gasteiger partial charge in [0.15, 0.2) is 17.1 Å². The van der Waals surface area contributed by atoms with E-state index in [4.69, 9.17) is 4.74 Å². The largest absolute Gasteiger partial charge is 0.488 e. The Hall–Kier alpha value is -3.72. The average molecular weight is 644 g/mol. The van der Waals surface area contributed by atoms with Crippen molar-refractivity contribution in [3.63, 3.8) is 0 Å². The van der Waals surface area contributed by atoms with Crippen molar-refractivity contribution in [2.24, 2.45) is 0 Å². The maximum atomic E-state index is 15.1. The zero-order valence-corrected chi connectivity index (χ0v) is 23.3. The van der Waals surface area contributed by atoms with Gasteiger partial charge in [-0.1, -0.05) is 0 Å². The predicted octanol–water partition coefficient (Wildman–Crippen LogP) is 4.89. The van der Waals surface area contributed by atoms with E-state index in [2.05, 4.69) is 31.0 Å². The van der Waals surface area contributed by atoms with Crippen LogP contribution in [0, 0.1) is 5.82 Å². The van der Waals surface area contributed by atoms with Gasteiger partial charge in [0.1, 0.15) is 12.0 Å². The molecule has 3 aromatic heterocycles. The number of nitrogens with zero attached hydrogens (tertiary/aromatic N) is 4. The predicted molar refractivity (Wildman–Crippen MR) is 142 cm³/mol. The Kier molecular flexibility index (Phi) is 8.32. The summed E-state index contributed by atoms with van der Waals surface area (Å²) in [6.45, 7) is 3.89. The lowest BCUT2D eigenvalue weighted by Gasteiger charge is -2.20. The van der Waals surface area contributed by atoms with Crippen molar-refractivity contribution in [1.82, 2.24) is 24.7 Å². The Morgan fingerprint density at radius 1 is 1.12 bits per heavy atom. The lowest BCUT2D eigenvalue weighted by atomic mass is 10.0. The SMILES string of the molecule is C[C@H](C[C@@H](F)Cn1cc(Br)c2cc(-c3ncc(C(C)(C)O)cn3)c(F)cc2c1=O)Oc1cn[nH]c(=O)c1C(F)(F)F. The molecule has 0 aliphatic carbocycles. The molecule has 41 heavy (non-hydrogen) atoms. The summed E-state index contributed by atoms with van der Waals surface area (Å²) in [5.41, 5.74) is -4.58. The Morgan fingerprint density at radius 3 is 2.39 bits per heavy atom. The molecule has 0 unspecified atom stereocenters. The summed E-state index contributed by atoms with van der Waals surface area (Å²) in [7, 11) is 0. The van der Waals surface area contributed by atoms with Gasteiger partial charge < -0.3 is 14.4 Å². The second-order valence-corrected chi connectivity index (χ2v) is 10.7. The van der Waals surface area contributed by atoms with Crippen LogP contribution in [0.15, 0.2) is 51.0 Å². The fourth-order valence-electron chi connectivity index (χ4n) is 4.11. The van der Waals surface area contributed by atoms with E-state index in [0.29, 0.717) is 21.6 Å². The number of aliphatic hydroxyl groups is 1. The van der Waals surface area contributed by atoms with Gasteiger partial charge in [-0.25, -0.2) is 23.8 Å². The monoisotopic (exact) mass is 643 g/mol. The average Bonchev–Trinajstić information content (AvgIpc) is 2.85. The molecule has 1 aromatic carbocycles. The quantitative estimate of drug-likeness (QED) is 0.262. The van der Waals surface area contributed by atoms with E-state index in [1.807, 2.05) is 0 Å². The number of fused-ring (bicyclic) bond motifs is 1. The van der Waals surface area contributed by atoms with Crippen LogP contribution in [0.5, 0.6) is 5.75 Å². The Bertz CT molecular complexity index is 1700. The fraction of sp³-hybridized carbons (Fsp3) is 0.346. The van der Waals surface area contributed by atoms with Gasteiger partial charge in [0, 0.05) is 40.4 Å². The smallest absolute Gasteiger partial charge is 0.425 e.